The Morgan fingerprint density at radius 1 is 1.47 bits per heavy atom. The summed E-state index contributed by atoms with van der Waals surface area (Å²) in [7, 11) is 0. The van der Waals surface area contributed by atoms with E-state index in [1.807, 2.05) is 0 Å². The Kier molecular flexibility index (Phi) is 4.31. The highest BCUT2D eigenvalue weighted by Crippen LogP contribution is 2.20. The fraction of sp³-hybridized carbons (Fsp3) is 0.500. The van der Waals surface area contributed by atoms with Gasteiger partial charge in [0.2, 0.25) is 0 Å². The van der Waals surface area contributed by atoms with Crippen molar-refractivity contribution >= 4 is 23.5 Å². The molecule has 1 aliphatic heterocycles. The zero-order valence-electron chi connectivity index (χ0n) is 10.5. The Morgan fingerprint density at radius 2 is 2.26 bits per heavy atom. The smallest absolute Gasteiger partial charge is 0.328 e. The van der Waals surface area contributed by atoms with Gasteiger partial charge in [0, 0.05) is 6.54 Å². The Balaban J connectivity index is 2.13. The topological polar surface area (TPSA) is 72.4 Å². The maximum Gasteiger partial charge on any atom is 0.328 e. The molecule has 6 nitrogen and oxygen atoms in total. The van der Waals surface area contributed by atoms with Crippen molar-refractivity contribution in [1.82, 2.24) is 15.1 Å². The number of aromatic nitrogens is 2. The van der Waals surface area contributed by atoms with Crippen LogP contribution >= 0.6 is 11.6 Å². The molecule has 1 amide bonds. The van der Waals surface area contributed by atoms with Crippen LogP contribution in [-0.2, 0) is 9.53 Å². The molecule has 1 aromatic rings. The van der Waals surface area contributed by atoms with Crippen molar-refractivity contribution in [1.29, 1.82) is 0 Å². The van der Waals surface area contributed by atoms with E-state index < -0.39 is 6.04 Å². The zero-order valence-corrected chi connectivity index (χ0v) is 11.3. The summed E-state index contributed by atoms with van der Waals surface area (Å²) in [6, 6.07) is 2.47. The SMILES string of the molecule is CCOC(=O)C1CCCN1C(=O)c1ccc(Cl)nn1. The number of hydrogen-bond acceptors (Lipinski definition) is 5. The number of nitrogens with zero attached hydrogens (tertiary/aromatic N) is 3. The number of esters is 1. The quantitative estimate of drug-likeness (QED) is 0.782. The molecule has 0 bridgehead atoms. The highest BCUT2D eigenvalue weighted by Gasteiger charge is 2.36. The molecule has 0 radical (unpaired) electrons. The van der Waals surface area contributed by atoms with Gasteiger partial charge in [-0.25, -0.2) is 4.79 Å². The number of rotatable bonds is 3. The van der Waals surface area contributed by atoms with Gasteiger partial charge in [0.25, 0.3) is 5.91 Å². The van der Waals surface area contributed by atoms with Gasteiger partial charge >= 0.3 is 5.97 Å². The summed E-state index contributed by atoms with van der Waals surface area (Å²) in [4.78, 5) is 25.5. The van der Waals surface area contributed by atoms with Gasteiger partial charge in [-0.05, 0) is 31.9 Å². The molecule has 19 heavy (non-hydrogen) atoms. The average Bonchev–Trinajstić information content (AvgIpc) is 2.88. The minimum absolute atomic E-state index is 0.181. The number of likely N-dealkylation sites (tertiary alicyclic amines) is 1. The molecular formula is C12H14ClN3O3. The number of ether oxygens (including phenoxy) is 1. The maximum atomic E-state index is 12.2. The van der Waals surface area contributed by atoms with E-state index in [-0.39, 0.29) is 22.7 Å². The molecule has 0 saturated carbocycles. The monoisotopic (exact) mass is 283 g/mol. The van der Waals surface area contributed by atoms with Gasteiger partial charge < -0.3 is 9.64 Å². The van der Waals surface area contributed by atoms with Gasteiger partial charge in [0.05, 0.1) is 6.61 Å². The second-order valence-corrected chi connectivity index (χ2v) is 4.54. The van der Waals surface area contributed by atoms with E-state index in [2.05, 4.69) is 10.2 Å². The van der Waals surface area contributed by atoms with Crippen molar-refractivity contribution in [2.24, 2.45) is 0 Å². The largest absolute Gasteiger partial charge is 0.464 e. The molecular weight excluding hydrogens is 270 g/mol. The summed E-state index contributed by atoms with van der Waals surface area (Å²) in [6.45, 7) is 2.56. The Morgan fingerprint density at radius 3 is 2.89 bits per heavy atom. The molecule has 0 aliphatic carbocycles. The minimum Gasteiger partial charge on any atom is -0.464 e. The summed E-state index contributed by atoms with van der Waals surface area (Å²) in [5, 5.41) is 7.59. The van der Waals surface area contributed by atoms with Gasteiger partial charge in [-0.3, -0.25) is 4.79 Å². The molecule has 1 saturated heterocycles. The molecule has 2 heterocycles. The summed E-state index contributed by atoms with van der Waals surface area (Å²) in [5.74, 6) is -0.685. The van der Waals surface area contributed by atoms with Crippen molar-refractivity contribution in [3.05, 3.63) is 23.0 Å². The molecule has 0 aromatic carbocycles. The van der Waals surface area contributed by atoms with E-state index in [9.17, 15) is 9.59 Å². The van der Waals surface area contributed by atoms with Crippen LogP contribution in [0.5, 0.6) is 0 Å². The first-order valence-corrected chi connectivity index (χ1v) is 6.48. The molecule has 102 valence electrons. The van der Waals surface area contributed by atoms with Crippen molar-refractivity contribution < 1.29 is 14.3 Å². The van der Waals surface area contributed by atoms with Crippen LogP contribution in [0.1, 0.15) is 30.3 Å². The first-order valence-electron chi connectivity index (χ1n) is 6.10. The summed E-state index contributed by atoms with van der Waals surface area (Å²) >= 11 is 5.62. The van der Waals surface area contributed by atoms with Crippen LogP contribution in [0.4, 0.5) is 0 Å². The van der Waals surface area contributed by atoms with Crippen LogP contribution in [-0.4, -0.2) is 46.2 Å². The lowest BCUT2D eigenvalue weighted by atomic mass is 10.2. The molecule has 1 atom stereocenters. The third-order valence-electron chi connectivity index (χ3n) is 2.92. The van der Waals surface area contributed by atoms with Crippen molar-refractivity contribution in [2.75, 3.05) is 13.2 Å². The number of carbonyl (C=O) groups is 2. The van der Waals surface area contributed by atoms with Crippen molar-refractivity contribution in [3.63, 3.8) is 0 Å². The summed E-state index contributed by atoms with van der Waals surface area (Å²) < 4.78 is 4.97. The van der Waals surface area contributed by atoms with Crippen LogP contribution < -0.4 is 0 Å². The standard InChI is InChI=1S/C12H14ClN3O3/c1-2-19-12(18)9-4-3-7-16(9)11(17)8-5-6-10(13)15-14-8/h5-6,9H,2-4,7H2,1H3. The lowest BCUT2D eigenvalue weighted by molar-refractivity contribution is -0.147. The van der Waals surface area contributed by atoms with Crippen LogP contribution in [0.3, 0.4) is 0 Å². The predicted octanol–water partition coefficient (Wildman–Crippen LogP) is 1.30. The molecule has 0 N–H and O–H groups in total. The zero-order chi connectivity index (χ0) is 13.8. The second-order valence-electron chi connectivity index (χ2n) is 4.15. The first-order chi connectivity index (χ1) is 9.13. The number of hydrogen-bond donors (Lipinski definition) is 0. The Bertz CT molecular complexity index is 478. The minimum atomic E-state index is -0.523. The molecule has 0 spiro atoms. The van der Waals surface area contributed by atoms with Crippen molar-refractivity contribution in [3.8, 4) is 0 Å². The van der Waals surface area contributed by atoms with Crippen LogP contribution in [0.2, 0.25) is 5.15 Å². The third-order valence-corrected chi connectivity index (χ3v) is 3.13. The summed E-state index contributed by atoms with van der Waals surface area (Å²) in [5.41, 5.74) is 0.181. The lowest BCUT2D eigenvalue weighted by Gasteiger charge is -2.22. The molecule has 7 heteroatoms. The Hall–Kier alpha value is -1.69. The number of carbonyl (C=O) groups excluding carboxylic acids is 2. The van der Waals surface area contributed by atoms with Gasteiger partial charge in [-0.2, -0.15) is 0 Å². The first kappa shape index (κ1) is 13.7. The van der Waals surface area contributed by atoms with E-state index in [0.717, 1.165) is 6.42 Å². The fourth-order valence-electron chi connectivity index (χ4n) is 2.07. The predicted molar refractivity (Wildman–Crippen MR) is 67.7 cm³/mol. The molecule has 1 aliphatic rings. The molecule has 2 rings (SSSR count). The fourth-order valence-corrected chi connectivity index (χ4v) is 2.17. The lowest BCUT2D eigenvalue weighted by Crippen LogP contribution is -2.41. The van der Waals surface area contributed by atoms with Gasteiger partial charge in [0.1, 0.15) is 6.04 Å². The van der Waals surface area contributed by atoms with E-state index in [1.54, 1.807) is 6.92 Å². The number of halogens is 1. The van der Waals surface area contributed by atoms with E-state index in [4.69, 9.17) is 16.3 Å². The van der Waals surface area contributed by atoms with E-state index in [1.165, 1.54) is 17.0 Å². The Labute approximate surface area is 115 Å². The third kappa shape index (κ3) is 3.01. The number of amides is 1. The maximum absolute atomic E-state index is 12.2. The normalized spacial score (nSPS) is 18.4. The second kappa shape index (κ2) is 5.97. The average molecular weight is 284 g/mol. The van der Waals surface area contributed by atoms with Gasteiger partial charge in [0.15, 0.2) is 10.8 Å². The van der Waals surface area contributed by atoms with E-state index >= 15 is 0 Å². The molecule has 1 fully saturated rings. The molecule has 1 unspecified atom stereocenters. The summed E-state index contributed by atoms with van der Waals surface area (Å²) in [6.07, 6.45) is 1.39. The van der Waals surface area contributed by atoms with Crippen molar-refractivity contribution in [2.45, 2.75) is 25.8 Å². The van der Waals surface area contributed by atoms with Gasteiger partial charge in [-0.15, -0.1) is 10.2 Å². The highest BCUT2D eigenvalue weighted by atomic mass is 35.5. The van der Waals surface area contributed by atoms with Crippen LogP contribution in [0.25, 0.3) is 0 Å². The van der Waals surface area contributed by atoms with Gasteiger partial charge in [-0.1, -0.05) is 11.6 Å². The highest BCUT2D eigenvalue weighted by molar-refractivity contribution is 6.29. The van der Waals surface area contributed by atoms with Crippen LogP contribution in [0.15, 0.2) is 12.1 Å². The van der Waals surface area contributed by atoms with E-state index in [0.29, 0.717) is 19.6 Å². The molecule has 1 aromatic heterocycles. The van der Waals surface area contributed by atoms with Crippen LogP contribution in [0, 0.1) is 0 Å².